The van der Waals surface area contributed by atoms with Crippen molar-refractivity contribution in [2.75, 3.05) is 32.8 Å². The van der Waals surface area contributed by atoms with Gasteiger partial charge in [-0.15, -0.1) is 11.3 Å². The molecule has 2 heterocycles. The van der Waals surface area contributed by atoms with Crippen molar-refractivity contribution in [3.05, 3.63) is 22.4 Å². The van der Waals surface area contributed by atoms with E-state index in [1.54, 1.807) is 0 Å². The largest absolute Gasteiger partial charge is 0.379 e. The van der Waals surface area contributed by atoms with Gasteiger partial charge in [-0.1, -0.05) is 6.07 Å². The molecule has 1 aromatic heterocycles. The molecule has 0 saturated carbocycles. The highest BCUT2D eigenvalue weighted by Gasteiger charge is 2.22. The Balaban J connectivity index is 2.01. The van der Waals surface area contributed by atoms with E-state index in [0.29, 0.717) is 6.04 Å². The van der Waals surface area contributed by atoms with Crippen LogP contribution in [0.4, 0.5) is 0 Å². The van der Waals surface area contributed by atoms with E-state index in [2.05, 4.69) is 22.4 Å². The summed E-state index contributed by atoms with van der Waals surface area (Å²) in [5.74, 6) is 0. The molecule has 2 rings (SSSR count). The average Bonchev–Trinajstić information content (AvgIpc) is 2.85. The maximum Gasteiger partial charge on any atom is 0.0594 e. The van der Waals surface area contributed by atoms with Crippen LogP contribution in [0.1, 0.15) is 23.8 Å². The van der Waals surface area contributed by atoms with Crippen LogP contribution in [0.2, 0.25) is 0 Å². The van der Waals surface area contributed by atoms with Crippen molar-refractivity contribution in [2.45, 2.75) is 18.9 Å². The van der Waals surface area contributed by atoms with Gasteiger partial charge in [-0.3, -0.25) is 4.90 Å². The highest BCUT2D eigenvalue weighted by atomic mass is 32.1. The molecule has 3 nitrogen and oxygen atoms in total. The fourth-order valence-electron chi connectivity index (χ4n) is 2.19. The topological polar surface area (TPSA) is 38.5 Å². The summed E-state index contributed by atoms with van der Waals surface area (Å²) in [6.45, 7) is 4.61. The van der Waals surface area contributed by atoms with Gasteiger partial charge in [0.25, 0.3) is 0 Å². The lowest BCUT2D eigenvalue weighted by Crippen LogP contribution is -2.39. The van der Waals surface area contributed by atoms with E-state index >= 15 is 0 Å². The second kappa shape index (κ2) is 6.35. The van der Waals surface area contributed by atoms with Gasteiger partial charge in [-0.05, 0) is 30.8 Å². The lowest BCUT2D eigenvalue weighted by molar-refractivity contribution is 0.0147. The first kappa shape index (κ1) is 12.0. The molecule has 1 unspecified atom stereocenters. The van der Waals surface area contributed by atoms with Crippen molar-refractivity contribution in [1.29, 1.82) is 0 Å². The minimum atomic E-state index is 0.549. The zero-order valence-electron chi connectivity index (χ0n) is 9.60. The quantitative estimate of drug-likeness (QED) is 0.854. The number of hydrogen-bond donors (Lipinski definition) is 1. The van der Waals surface area contributed by atoms with E-state index in [9.17, 15) is 0 Å². The van der Waals surface area contributed by atoms with Crippen molar-refractivity contribution in [3.63, 3.8) is 0 Å². The van der Waals surface area contributed by atoms with Crippen LogP contribution < -0.4 is 5.73 Å². The molecule has 1 aromatic rings. The Morgan fingerprint density at radius 3 is 2.88 bits per heavy atom. The predicted octanol–water partition coefficient (Wildman–Crippen LogP) is 1.86. The SMILES string of the molecule is NCCCC(c1cccs1)N1CCOCC1. The van der Waals surface area contributed by atoms with Crippen LogP contribution in [0.15, 0.2) is 17.5 Å². The Labute approximate surface area is 101 Å². The van der Waals surface area contributed by atoms with E-state index in [-0.39, 0.29) is 0 Å². The molecule has 16 heavy (non-hydrogen) atoms. The summed E-state index contributed by atoms with van der Waals surface area (Å²) < 4.78 is 5.41. The smallest absolute Gasteiger partial charge is 0.0594 e. The first-order valence-corrected chi connectivity index (χ1v) is 6.85. The van der Waals surface area contributed by atoms with Crippen LogP contribution in [0, 0.1) is 0 Å². The normalized spacial score (nSPS) is 19.8. The van der Waals surface area contributed by atoms with Crippen LogP contribution in [-0.4, -0.2) is 37.7 Å². The molecule has 0 aliphatic carbocycles. The molecule has 4 heteroatoms. The summed E-state index contributed by atoms with van der Waals surface area (Å²) in [6.07, 6.45) is 2.26. The summed E-state index contributed by atoms with van der Waals surface area (Å²) in [5.41, 5.74) is 5.62. The number of rotatable bonds is 5. The first-order chi connectivity index (χ1) is 7.92. The molecule has 0 spiro atoms. The third-order valence-electron chi connectivity index (χ3n) is 3.04. The van der Waals surface area contributed by atoms with Crippen molar-refractivity contribution in [3.8, 4) is 0 Å². The fourth-order valence-corrected chi connectivity index (χ4v) is 3.08. The molecule has 2 N–H and O–H groups in total. The summed E-state index contributed by atoms with van der Waals surface area (Å²) in [7, 11) is 0. The number of nitrogens with two attached hydrogens (primary N) is 1. The zero-order valence-corrected chi connectivity index (χ0v) is 10.4. The van der Waals surface area contributed by atoms with Gasteiger partial charge < -0.3 is 10.5 Å². The van der Waals surface area contributed by atoms with Gasteiger partial charge in [0.15, 0.2) is 0 Å². The van der Waals surface area contributed by atoms with Crippen molar-refractivity contribution >= 4 is 11.3 Å². The molecule has 90 valence electrons. The first-order valence-electron chi connectivity index (χ1n) is 5.97. The number of hydrogen-bond acceptors (Lipinski definition) is 4. The number of nitrogens with zero attached hydrogens (tertiary/aromatic N) is 1. The summed E-state index contributed by atoms with van der Waals surface area (Å²) in [4.78, 5) is 4.00. The maximum atomic E-state index is 5.62. The predicted molar refractivity (Wildman–Crippen MR) is 67.7 cm³/mol. The monoisotopic (exact) mass is 240 g/mol. The highest BCUT2D eigenvalue weighted by Crippen LogP contribution is 2.29. The zero-order chi connectivity index (χ0) is 11.2. The van der Waals surface area contributed by atoms with E-state index in [0.717, 1.165) is 45.7 Å². The maximum absolute atomic E-state index is 5.62. The van der Waals surface area contributed by atoms with Crippen molar-refractivity contribution < 1.29 is 4.74 Å². The Morgan fingerprint density at radius 2 is 2.25 bits per heavy atom. The Bertz CT molecular complexity index is 283. The number of thiophene rings is 1. The third kappa shape index (κ3) is 3.04. The number of morpholine rings is 1. The van der Waals surface area contributed by atoms with E-state index in [4.69, 9.17) is 10.5 Å². The van der Waals surface area contributed by atoms with Gasteiger partial charge in [-0.2, -0.15) is 0 Å². The summed E-state index contributed by atoms with van der Waals surface area (Å²) >= 11 is 1.85. The molecule has 1 aliphatic heterocycles. The molecule has 0 aromatic carbocycles. The van der Waals surface area contributed by atoms with Crippen LogP contribution in [-0.2, 0) is 4.74 Å². The lowest BCUT2D eigenvalue weighted by Gasteiger charge is -2.34. The molecule has 1 fully saturated rings. The van der Waals surface area contributed by atoms with Gasteiger partial charge in [0.1, 0.15) is 0 Å². The van der Waals surface area contributed by atoms with Crippen LogP contribution in [0.5, 0.6) is 0 Å². The molecular formula is C12H20N2OS. The molecule has 1 aliphatic rings. The van der Waals surface area contributed by atoms with Gasteiger partial charge in [0.2, 0.25) is 0 Å². The summed E-state index contributed by atoms with van der Waals surface area (Å²) in [5, 5.41) is 2.16. The Hall–Kier alpha value is -0.420. The highest BCUT2D eigenvalue weighted by molar-refractivity contribution is 7.10. The van der Waals surface area contributed by atoms with Gasteiger partial charge in [-0.25, -0.2) is 0 Å². The van der Waals surface area contributed by atoms with Crippen molar-refractivity contribution in [1.82, 2.24) is 4.90 Å². The van der Waals surface area contributed by atoms with Gasteiger partial charge >= 0.3 is 0 Å². The van der Waals surface area contributed by atoms with Crippen LogP contribution in [0.3, 0.4) is 0 Å². The number of ether oxygens (including phenoxy) is 1. The minimum Gasteiger partial charge on any atom is -0.379 e. The van der Waals surface area contributed by atoms with E-state index in [1.165, 1.54) is 4.88 Å². The molecule has 0 amide bonds. The van der Waals surface area contributed by atoms with E-state index < -0.39 is 0 Å². The minimum absolute atomic E-state index is 0.549. The molecule has 0 bridgehead atoms. The summed E-state index contributed by atoms with van der Waals surface area (Å²) in [6, 6.07) is 4.92. The van der Waals surface area contributed by atoms with Crippen LogP contribution in [0.25, 0.3) is 0 Å². The lowest BCUT2D eigenvalue weighted by atomic mass is 10.1. The third-order valence-corrected chi connectivity index (χ3v) is 4.01. The second-order valence-electron chi connectivity index (χ2n) is 4.11. The van der Waals surface area contributed by atoms with E-state index in [1.807, 2.05) is 11.3 Å². The molecular weight excluding hydrogens is 220 g/mol. The van der Waals surface area contributed by atoms with Gasteiger partial charge in [0.05, 0.1) is 13.2 Å². The fraction of sp³-hybridized carbons (Fsp3) is 0.667. The molecule has 0 radical (unpaired) electrons. The van der Waals surface area contributed by atoms with Crippen LogP contribution >= 0.6 is 11.3 Å². The Morgan fingerprint density at radius 1 is 1.44 bits per heavy atom. The second-order valence-corrected chi connectivity index (χ2v) is 5.09. The molecule has 1 saturated heterocycles. The Kier molecular flexibility index (Phi) is 4.78. The standard InChI is InChI=1S/C12H20N2OS/c13-5-1-3-11(12-4-2-10-16-12)14-6-8-15-9-7-14/h2,4,10-11H,1,3,5-9,13H2. The van der Waals surface area contributed by atoms with Gasteiger partial charge in [0, 0.05) is 24.0 Å². The molecule has 1 atom stereocenters. The average molecular weight is 240 g/mol. The van der Waals surface area contributed by atoms with Crippen molar-refractivity contribution in [2.24, 2.45) is 5.73 Å².